The smallest absolute Gasteiger partial charge is 0.270 e. The second-order valence-electron chi connectivity index (χ2n) is 3.79. The standard InChI is InChI=1S/C11H11ClN4O2/c1-3-15(2)10-8-6-7(16(17)18)4-5-9(8)13-11(12)14-10/h4-6H,3H2,1-2H3. The van der Waals surface area contributed by atoms with E-state index in [2.05, 4.69) is 9.97 Å². The predicted octanol–water partition coefficient (Wildman–Crippen LogP) is 2.65. The Morgan fingerprint density at radius 3 is 2.78 bits per heavy atom. The minimum Gasteiger partial charge on any atom is -0.359 e. The van der Waals surface area contributed by atoms with E-state index < -0.39 is 4.92 Å². The summed E-state index contributed by atoms with van der Waals surface area (Å²) in [6.07, 6.45) is 0. The van der Waals surface area contributed by atoms with Crippen molar-refractivity contribution < 1.29 is 4.92 Å². The van der Waals surface area contributed by atoms with E-state index in [9.17, 15) is 10.1 Å². The van der Waals surface area contributed by atoms with Gasteiger partial charge in [-0.3, -0.25) is 10.1 Å². The largest absolute Gasteiger partial charge is 0.359 e. The maximum Gasteiger partial charge on any atom is 0.270 e. The van der Waals surface area contributed by atoms with Gasteiger partial charge in [0.05, 0.1) is 10.4 Å². The van der Waals surface area contributed by atoms with Gasteiger partial charge >= 0.3 is 0 Å². The summed E-state index contributed by atoms with van der Waals surface area (Å²) in [7, 11) is 1.84. The number of hydrogen-bond acceptors (Lipinski definition) is 5. The minimum atomic E-state index is -0.441. The summed E-state index contributed by atoms with van der Waals surface area (Å²) in [6, 6.07) is 4.45. The van der Waals surface area contributed by atoms with Gasteiger partial charge in [0.1, 0.15) is 5.82 Å². The number of halogens is 1. The molecule has 2 rings (SSSR count). The molecule has 1 aromatic heterocycles. The van der Waals surface area contributed by atoms with Gasteiger partial charge in [-0.1, -0.05) is 0 Å². The van der Waals surface area contributed by atoms with Crippen LogP contribution in [0, 0.1) is 10.1 Å². The molecule has 0 N–H and O–H groups in total. The molecule has 0 fully saturated rings. The van der Waals surface area contributed by atoms with Crippen molar-refractivity contribution in [1.29, 1.82) is 0 Å². The molecule has 0 aliphatic carbocycles. The molecule has 0 bridgehead atoms. The quantitative estimate of drug-likeness (QED) is 0.485. The first-order valence-electron chi connectivity index (χ1n) is 5.35. The fourth-order valence-electron chi connectivity index (χ4n) is 1.63. The Morgan fingerprint density at radius 2 is 2.17 bits per heavy atom. The first-order chi connectivity index (χ1) is 8.52. The molecule has 0 aliphatic rings. The molecule has 0 spiro atoms. The van der Waals surface area contributed by atoms with Crippen LogP contribution in [0.3, 0.4) is 0 Å². The van der Waals surface area contributed by atoms with Crippen molar-refractivity contribution in [3.05, 3.63) is 33.6 Å². The molecule has 0 unspecified atom stereocenters. The van der Waals surface area contributed by atoms with Crippen molar-refractivity contribution in [1.82, 2.24) is 9.97 Å². The van der Waals surface area contributed by atoms with Crippen LogP contribution in [0.2, 0.25) is 5.28 Å². The van der Waals surface area contributed by atoms with Gasteiger partial charge in [-0.2, -0.15) is 4.98 Å². The summed E-state index contributed by atoms with van der Waals surface area (Å²) in [5, 5.41) is 11.5. The lowest BCUT2D eigenvalue weighted by Gasteiger charge is -2.17. The Hall–Kier alpha value is -1.95. The topological polar surface area (TPSA) is 72.2 Å². The van der Waals surface area contributed by atoms with E-state index >= 15 is 0 Å². The number of benzene rings is 1. The van der Waals surface area contributed by atoms with E-state index in [1.807, 2.05) is 18.9 Å². The van der Waals surface area contributed by atoms with Crippen molar-refractivity contribution in [2.75, 3.05) is 18.5 Å². The van der Waals surface area contributed by atoms with Crippen molar-refractivity contribution in [2.45, 2.75) is 6.92 Å². The molecule has 0 aliphatic heterocycles. The third-order valence-corrected chi connectivity index (χ3v) is 2.85. The highest BCUT2D eigenvalue weighted by Crippen LogP contribution is 2.28. The highest BCUT2D eigenvalue weighted by Gasteiger charge is 2.14. The van der Waals surface area contributed by atoms with Gasteiger partial charge in [0, 0.05) is 31.1 Å². The number of nitrogens with zero attached hydrogens (tertiary/aromatic N) is 4. The Morgan fingerprint density at radius 1 is 1.44 bits per heavy atom. The number of non-ortho nitro benzene ring substituents is 1. The number of rotatable bonds is 3. The van der Waals surface area contributed by atoms with E-state index in [0.717, 1.165) is 0 Å². The van der Waals surface area contributed by atoms with Crippen LogP contribution in [0.15, 0.2) is 18.2 Å². The Labute approximate surface area is 108 Å². The zero-order valence-electron chi connectivity index (χ0n) is 9.92. The molecular formula is C11H11ClN4O2. The number of fused-ring (bicyclic) bond motifs is 1. The lowest BCUT2D eigenvalue weighted by molar-refractivity contribution is -0.384. The second-order valence-corrected chi connectivity index (χ2v) is 4.13. The molecule has 6 nitrogen and oxygen atoms in total. The number of anilines is 1. The molecule has 1 aromatic carbocycles. The van der Waals surface area contributed by atoms with Crippen LogP contribution in [0.4, 0.5) is 11.5 Å². The minimum absolute atomic E-state index is 0.0131. The van der Waals surface area contributed by atoms with Crippen LogP contribution in [-0.4, -0.2) is 28.5 Å². The third-order valence-electron chi connectivity index (χ3n) is 2.68. The molecule has 18 heavy (non-hydrogen) atoms. The van der Waals surface area contributed by atoms with E-state index in [1.54, 1.807) is 6.07 Å². The SMILES string of the molecule is CCN(C)c1nc(Cl)nc2ccc([N+](=O)[O-])cc12. The van der Waals surface area contributed by atoms with Gasteiger partial charge in [-0.25, -0.2) is 4.98 Å². The van der Waals surface area contributed by atoms with Crippen molar-refractivity contribution in [2.24, 2.45) is 0 Å². The summed E-state index contributed by atoms with van der Waals surface area (Å²) in [5.74, 6) is 0.594. The monoisotopic (exact) mass is 266 g/mol. The Balaban J connectivity index is 2.73. The number of nitro benzene ring substituents is 1. The van der Waals surface area contributed by atoms with E-state index in [1.165, 1.54) is 12.1 Å². The lowest BCUT2D eigenvalue weighted by atomic mass is 10.2. The maximum absolute atomic E-state index is 10.8. The average molecular weight is 267 g/mol. The van der Waals surface area contributed by atoms with Gasteiger partial charge in [0.15, 0.2) is 0 Å². The molecule has 0 amide bonds. The summed E-state index contributed by atoms with van der Waals surface area (Å²) >= 11 is 5.84. The molecule has 2 aromatic rings. The summed E-state index contributed by atoms with van der Waals surface area (Å²) in [4.78, 5) is 20.4. The molecule has 0 atom stereocenters. The molecular weight excluding hydrogens is 256 g/mol. The molecule has 1 heterocycles. The van der Waals surface area contributed by atoms with Gasteiger partial charge in [-0.05, 0) is 24.6 Å². The van der Waals surface area contributed by atoms with Crippen molar-refractivity contribution in [3.63, 3.8) is 0 Å². The van der Waals surface area contributed by atoms with Crippen molar-refractivity contribution in [3.8, 4) is 0 Å². The molecule has 0 saturated heterocycles. The number of aromatic nitrogens is 2. The lowest BCUT2D eigenvalue weighted by Crippen LogP contribution is -2.18. The van der Waals surface area contributed by atoms with E-state index in [-0.39, 0.29) is 11.0 Å². The summed E-state index contributed by atoms with van der Waals surface area (Å²) < 4.78 is 0. The summed E-state index contributed by atoms with van der Waals surface area (Å²) in [5.41, 5.74) is 0.607. The average Bonchev–Trinajstić information content (AvgIpc) is 2.36. The number of nitro groups is 1. The second kappa shape index (κ2) is 4.73. The predicted molar refractivity (Wildman–Crippen MR) is 70.1 cm³/mol. The van der Waals surface area contributed by atoms with Gasteiger partial charge in [0.2, 0.25) is 5.28 Å². The van der Waals surface area contributed by atoms with Crippen molar-refractivity contribution >= 4 is 34.0 Å². The first-order valence-corrected chi connectivity index (χ1v) is 5.73. The zero-order chi connectivity index (χ0) is 13.3. The van der Waals surface area contributed by atoms with Crippen LogP contribution < -0.4 is 4.90 Å². The Bertz CT molecular complexity index is 617. The first kappa shape index (κ1) is 12.5. The van der Waals surface area contributed by atoms with Crippen LogP contribution in [0.1, 0.15) is 6.92 Å². The zero-order valence-corrected chi connectivity index (χ0v) is 10.7. The van der Waals surface area contributed by atoms with E-state index in [4.69, 9.17) is 11.6 Å². The molecule has 0 saturated carbocycles. The normalized spacial score (nSPS) is 10.6. The molecule has 7 heteroatoms. The highest BCUT2D eigenvalue weighted by molar-refractivity contribution is 6.28. The van der Waals surface area contributed by atoms with Crippen LogP contribution in [-0.2, 0) is 0 Å². The maximum atomic E-state index is 10.8. The van der Waals surface area contributed by atoms with Crippen LogP contribution >= 0.6 is 11.6 Å². The van der Waals surface area contributed by atoms with Gasteiger partial charge in [0.25, 0.3) is 5.69 Å². The Kier molecular flexibility index (Phi) is 3.29. The van der Waals surface area contributed by atoms with Crippen LogP contribution in [0.25, 0.3) is 10.9 Å². The number of hydrogen-bond donors (Lipinski definition) is 0. The van der Waals surface area contributed by atoms with Crippen LogP contribution in [0.5, 0.6) is 0 Å². The highest BCUT2D eigenvalue weighted by atomic mass is 35.5. The molecule has 0 radical (unpaired) electrons. The fraction of sp³-hybridized carbons (Fsp3) is 0.273. The van der Waals surface area contributed by atoms with Gasteiger partial charge in [-0.15, -0.1) is 0 Å². The van der Waals surface area contributed by atoms with Gasteiger partial charge < -0.3 is 4.90 Å². The summed E-state index contributed by atoms with van der Waals surface area (Å²) in [6.45, 7) is 2.67. The fourth-order valence-corrected chi connectivity index (χ4v) is 1.80. The van der Waals surface area contributed by atoms with E-state index in [0.29, 0.717) is 23.3 Å². The molecule has 94 valence electrons. The third kappa shape index (κ3) is 2.19.